The fraction of sp³-hybridized carbons (Fsp3) is 1.00. The standard InChI is InChI=1S/C9H20N2.ClH/c1-2-3-9(10)8-4-6-11-7-5-8;/h8-9,11H,2-7,10H2,1H3;1H. The molecule has 0 aromatic carbocycles. The van der Waals surface area contributed by atoms with Gasteiger partial charge >= 0.3 is 0 Å². The largest absolute Gasteiger partial charge is 0.327 e. The van der Waals surface area contributed by atoms with Crippen molar-refractivity contribution in [1.82, 2.24) is 5.32 Å². The minimum atomic E-state index is 0. The number of piperidine rings is 1. The van der Waals surface area contributed by atoms with Crippen LogP contribution in [0.3, 0.4) is 0 Å². The monoisotopic (exact) mass is 192 g/mol. The van der Waals surface area contributed by atoms with Gasteiger partial charge in [0.05, 0.1) is 0 Å². The van der Waals surface area contributed by atoms with Gasteiger partial charge < -0.3 is 11.1 Å². The van der Waals surface area contributed by atoms with E-state index in [0.29, 0.717) is 6.04 Å². The van der Waals surface area contributed by atoms with E-state index in [1.54, 1.807) is 0 Å². The van der Waals surface area contributed by atoms with Gasteiger partial charge in [-0.3, -0.25) is 0 Å². The van der Waals surface area contributed by atoms with Crippen LogP contribution in [0, 0.1) is 5.92 Å². The van der Waals surface area contributed by atoms with E-state index in [2.05, 4.69) is 12.2 Å². The highest BCUT2D eigenvalue weighted by atomic mass is 35.5. The Hall–Kier alpha value is 0.210. The zero-order valence-corrected chi connectivity index (χ0v) is 8.70. The van der Waals surface area contributed by atoms with Gasteiger partial charge in [-0.1, -0.05) is 13.3 Å². The maximum absolute atomic E-state index is 6.03. The van der Waals surface area contributed by atoms with Crippen LogP contribution in [-0.4, -0.2) is 19.1 Å². The van der Waals surface area contributed by atoms with E-state index >= 15 is 0 Å². The van der Waals surface area contributed by atoms with Crippen molar-refractivity contribution < 1.29 is 0 Å². The van der Waals surface area contributed by atoms with Crippen LogP contribution in [-0.2, 0) is 0 Å². The molecule has 0 spiro atoms. The molecule has 0 aliphatic carbocycles. The molecule has 0 aromatic heterocycles. The first-order chi connectivity index (χ1) is 5.34. The molecule has 3 N–H and O–H groups in total. The zero-order chi connectivity index (χ0) is 8.10. The Morgan fingerprint density at radius 1 is 1.42 bits per heavy atom. The van der Waals surface area contributed by atoms with Gasteiger partial charge in [0.15, 0.2) is 0 Å². The van der Waals surface area contributed by atoms with Crippen LogP contribution < -0.4 is 11.1 Å². The molecule has 12 heavy (non-hydrogen) atoms. The topological polar surface area (TPSA) is 38.0 Å². The fourth-order valence-corrected chi connectivity index (χ4v) is 1.84. The average Bonchev–Trinajstić information content (AvgIpc) is 2.07. The van der Waals surface area contributed by atoms with Crippen LogP contribution in [0.1, 0.15) is 32.6 Å². The Morgan fingerprint density at radius 3 is 2.50 bits per heavy atom. The van der Waals surface area contributed by atoms with E-state index in [4.69, 9.17) is 5.73 Å². The lowest BCUT2D eigenvalue weighted by molar-refractivity contribution is 0.306. The Bertz CT molecular complexity index is 103. The fourth-order valence-electron chi connectivity index (χ4n) is 1.84. The van der Waals surface area contributed by atoms with Crippen molar-refractivity contribution in [2.45, 2.75) is 38.6 Å². The van der Waals surface area contributed by atoms with Gasteiger partial charge in [0.2, 0.25) is 0 Å². The SMILES string of the molecule is CCCC(N)C1CCNCC1.Cl. The molecular formula is C9H21ClN2. The van der Waals surface area contributed by atoms with Crippen molar-refractivity contribution >= 4 is 12.4 Å². The van der Waals surface area contributed by atoms with Gasteiger partial charge in [0.1, 0.15) is 0 Å². The summed E-state index contributed by atoms with van der Waals surface area (Å²) < 4.78 is 0. The van der Waals surface area contributed by atoms with Gasteiger partial charge in [0.25, 0.3) is 0 Å². The lowest BCUT2D eigenvalue weighted by Gasteiger charge is -2.27. The minimum Gasteiger partial charge on any atom is -0.327 e. The van der Waals surface area contributed by atoms with Crippen molar-refractivity contribution in [2.24, 2.45) is 11.7 Å². The van der Waals surface area contributed by atoms with Crippen LogP contribution in [0.4, 0.5) is 0 Å². The molecule has 1 rings (SSSR count). The summed E-state index contributed by atoms with van der Waals surface area (Å²) in [5.74, 6) is 0.788. The molecule has 0 aromatic rings. The van der Waals surface area contributed by atoms with Crippen molar-refractivity contribution in [2.75, 3.05) is 13.1 Å². The summed E-state index contributed by atoms with van der Waals surface area (Å²) >= 11 is 0. The Morgan fingerprint density at radius 2 is 2.00 bits per heavy atom. The number of hydrogen-bond donors (Lipinski definition) is 2. The van der Waals surface area contributed by atoms with Gasteiger partial charge in [-0.15, -0.1) is 12.4 Å². The molecule has 1 heterocycles. The molecule has 1 atom stereocenters. The maximum Gasteiger partial charge on any atom is 0.00680 e. The molecule has 1 aliphatic heterocycles. The molecule has 74 valence electrons. The van der Waals surface area contributed by atoms with Crippen LogP contribution in [0.25, 0.3) is 0 Å². The molecule has 1 fully saturated rings. The second kappa shape index (κ2) is 6.70. The predicted molar refractivity (Wildman–Crippen MR) is 55.7 cm³/mol. The number of nitrogens with one attached hydrogen (secondary N) is 1. The first-order valence-corrected chi connectivity index (χ1v) is 4.81. The molecule has 0 radical (unpaired) electrons. The third kappa shape index (κ3) is 3.74. The molecule has 3 heteroatoms. The van der Waals surface area contributed by atoms with E-state index in [9.17, 15) is 0 Å². The van der Waals surface area contributed by atoms with Crippen LogP contribution in [0.5, 0.6) is 0 Å². The molecule has 0 saturated carbocycles. The highest BCUT2D eigenvalue weighted by Crippen LogP contribution is 2.17. The summed E-state index contributed by atoms with van der Waals surface area (Å²) in [6, 6.07) is 0.460. The first kappa shape index (κ1) is 12.2. The molecule has 0 amide bonds. The lowest BCUT2D eigenvalue weighted by atomic mass is 9.88. The molecule has 1 aliphatic rings. The minimum absolute atomic E-state index is 0. The Balaban J connectivity index is 0.00000121. The van der Waals surface area contributed by atoms with E-state index in [1.165, 1.54) is 38.8 Å². The van der Waals surface area contributed by atoms with Crippen LogP contribution in [0.15, 0.2) is 0 Å². The second-order valence-corrected chi connectivity index (χ2v) is 3.54. The molecular weight excluding hydrogens is 172 g/mol. The number of nitrogens with two attached hydrogens (primary N) is 1. The van der Waals surface area contributed by atoms with Crippen LogP contribution >= 0.6 is 12.4 Å². The summed E-state index contributed by atoms with van der Waals surface area (Å²) in [6.45, 7) is 4.55. The highest BCUT2D eigenvalue weighted by Gasteiger charge is 2.18. The lowest BCUT2D eigenvalue weighted by Crippen LogP contribution is -2.38. The zero-order valence-electron chi connectivity index (χ0n) is 7.88. The van der Waals surface area contributed by atoms with Gasteiger partial charge in [-0.05, 0) is 38.3 Å². The second-order valence-electron chi connectivity index (χ2n) is 3.54. The summed E-state index contributed by atoms with van der Waals surface area (Å²) in [6.07, 6.45) is 4.98. The number of hydrogen-bond acceptors (Lipinski definition) is 2. The smallest absolute Gasteiger partial charge is 0.00680 e. The van der Waals surface area contributed by atoms with E-state index in [-0.39, 0.29) is 12.4 Å². The molecule has 0 bridgehead atoms. The van der Waals surface area contributed by atoms with E-state index in [1.807, 2.05) is 0 Å². The summed E-state index contributed by atoms with van der Waals surface area (Å²) in [5.41, 5.74) is 6.03. The summed E-state index contributed by atoms with van der Waals surface area (Å²) in [5, 5.41) is 3.36. The maximum atomic E-state index is 6.03. The van der Waals surface area contributed by atoms with Crippen molar-refractivity contribution in [1.29, 1.82) is 0 Å². The highest BCUT2D eigenvalue weighted by molar-refractivity contribution is 5.85. The normalized spacial score (nSPS) is 21.5. The predicted octanol–water partition coefficient (Wildman–Crippen LogP) is 1.54. The van der Waals surface area contributed by atoms with Crippen molar-refractivity contribution in [3.05, 3.63) is 0 Å². The van der Waals surface area contributed by atoms with Crippen molar-refractivity contribution in [3.8, 4) is 0 Å². The van der Waals surface area contributed by atoms with Crippen molar-refractivity contribution in [3.63, 3.8) is 0 Å². The molecule has 1 saturated heterocycles. The molecule has 2 nitrogen and oxygen atoms in total. The summed E-state index contributed by atoms with van der Waals surface area (Å²) in [4.78, 5) is 0. The van der Waals surface area contributed by atoms with E-state index < -0.39 is 0 Å². The van der Waals surface area contributed by atoms with Crippen LogP contribution in [0.2, 0.25) is 0 Å². The first-order valence-electron chi connectivity index (χ1n) is 4.81. The third-order valence-corrected chi connectivity index (χ3v) is 2.61. The number of halogens is 1. The molecule has 1 unspecified atom stereocenters. The third-order valence-electron chi connectivity index (χ3n) is 2.61. The van der Waals surface area contributed by atoms with Gasteiger partial charge in [-0.25, -0.2) is 0 Å². The summed E-state index contributed by atoms with van der Waals surface area (Å²) in [7, 11) is 0. The average molecular weight is 193 g/mol. The van der Waals surface area contributed by atoms with Gasteiger partial charge in [0, 0.05) is 6.04 Å². The van der Waals surface area contributed by atoms with E-state index in [0.717, 1.165) is 5.92 Å². The van der Waals surface area contributed by atoms with Gasteiger partial charge in [-0.2, -0.15) is 0 Å². The Kier molecular flexibility index (Phi) is 6.81. The Labute approximate surface area is 81.7 Å². The quantitative estimate of drug-likeness (QED) is 0.712. The number of rotatable bonds is 3.